The maximum absolute atomic E-state index is 6.03. The molecule has 0 amide bonds. The molecule has 1 rings (SSSR count). The maximum atomic E-state index is 6.03. The van der Waals surface area contributed by atoms with Crippen molar-refractivity contribution in [3.05, 3.63) is 0 Å². The van der Waals surface area contributed by atoms with E-state index in [0.29, 0.717) is 6.04 Å². The molecule has 1 saturated carbocycles. The number of rotatable bonds is 5. The Bertz CT molecular complexity index is 170. The number of nitrogens with zero attached hydrogens (tertiary/aromatic N) is 1. The lowest BCUT2D eigenvalue weighted by atomic mass is 9.85. The van der Waals surface area contributed by atoms with Crippen LogP contribution in [0.2, 0.25) is 0 Å². The highest BCUT2D eigenvalue weighted by atomic mass is 15.1. The van der Waals surface area contributed by atoms with Gasteiger partial charge in [0.15, 0.2) is 0 Å². The second-order valence-corrected chi connectivity index (χ2v) is 5.14. The average molecular weight is 212 g/mol. The molecule has 0 heterocycles. The highest BCUT2D eigenvalue weighted by Gasteiger charge is 2.22. The van der Waals surface area contributed by atoms with E-state index in [0.717, 1.165) is 12.0 Å². The molecule has 0 aliphatic heterocycles. The zero-order chi connectivity index (χ0) is 11.3. The van der Waals surface area contributed by atoms with Crippen molar-refractivity contribution in [2.45, 2.75) is 65.0 Å². The van der Waals surface area contributed by atoms with Crippen molar-refractivity contribution in [3.8, 4) is 0 Å². The first-order valence-corrected chi connectivity index (χ1v) is 6.67. The minimum atomic E-state index is 0.472. The van der Waals surface area contributed by atoms with Gasteiger partial charge in [-0.3, -0.25) is 0 Å². The first kappa shape index (κ1) is 13.0. The van der Waals surface area contributed by atoms with Gasteiger partial charge in [0, 0.05) is 18.6 Å². The van der Waals surface area contributed by atoms with Crippen LogP contribution in [0.25, 0.3) is 0 Å². The van der Waals surface area contributed by atoms with Crippen molar-refractivity contribution < 1.29 is 0 Å². The lowest BCUT2D eigenvalue weighted by Crippen LogP contribution is -2.39. The number of hydrogen-bond acceptors (Lipinski definition) is 2. The van der Waals surface area contributed by atoms with E-state index in [1.807, 2.05) is 0 Å². The Kier molecular flexibility index (Phi) is 5.62. The molecule has 1 aliphatic rings. The van der Waals surface area contributed by atoms with Gasteiger partial charge in [0.2, 0.25) is 0 Å². The molecule has 0 spiro atoms. The van der Waals surface area contributed by atoms with Crippen LogP contribution in [0, 0.1) is 5.92 Å². The molecule has 2 nitrogen and oxygen atoms in total. The van der Waals surface area contributed by atoms with Gasteiger partial charge >= 0.3 is 0 Å². The van der Waals surface area contributed by atoms with E-state index in [9.17, 15) is 0 Å². The Morgan fingerprint density at radius 1 is 1.33 bits per heavy atom. The van der Waals surface area contributed by atoms with Crippen LogP contribution in [0.4, 0.5) is 0 Å². The van der Waals surface area contributed by atoms with Crippen LogP contribution in [-0.4, -0.2) is 30.1 Å². The van der Waals surface area contributed by atoms with E-state index in [4.69, 9.17) is 5.73 Å². The quantitative estimate of drug-likeness (QED) is 0.759. The minimum absolute atomic E-state index is 0.472. The molecule has 0 aromatic carbocycles. The molecule has 3 unspecified atom stereocenters. The van der Waals surface area contributed by atoms with Crippen molar-refractivity contribution >= 4 is 0 Å². The Hall–Kier alpha value is -0.0800. The van der Waals surface area contributed by atoms with Gasteiger partial charge < -0.3 is 10.6 Å². The molecule has 15 heavy (non-hydrogen) atoms. The van der Waals surface area contributed by atoms with Crippen molar-refractivity contribution in [1.29, 1.82) is 0 Å². The van der Waals surface area contributed by atoms with Crippen LogP contribution in [0.5, 0.6) is 0 Å². The summed E-state index contributed by atoms with van der Waals surface area (Å²) in [4.78, 5) is 2.61. The summed E-state index contributed by atoms with van der Waals surface area (Å²) in [6.45, 7) is 9.33. The molecular weight excluding hydrogens is 184 g/mol. The van der Waals surface area contributed by atoms with Crippen LogP contribution in [0.15, 0.2) is 0 Å². The first-order valence-electron chi connectivity index (χ1n) is 6.67. The zero-order valence-electron chi connectivity index (χ0n) is 10.7. The van der Waals surface area contributed by atoms with E-state index in [1.54, 1.807) is 0 Å². The predicted octanol–water partition coefficient (Wildman–Crippen LogP) is 2.62. The lowest BCUT2D eigenvalue weighted by Gasteiger charge is -2.34. The largest absolute Gasteiger partial charge is 0.328 e. The van der Waals surface area contributed by atoms with Crippen molar-refractivity contribution in [3.63, 3.8) is 0 Å². The van der Waals surface area contributed by atoms with Gasteiger partial charge in [-0.2, -0.15) is 0 Å². The minimum Gasteiger partial charge on any atom is -0.328 e. The third-order valence-corrected chi connectivity index (χ3v) is 3.94. The Balaban J connectivity index is 2.36. The topological polar surface area (TPSA) is 29.3 Å². The van der Waals surface area contributed by atoms with Crippen molar-refractivity contribution in [2.24, 2.45) is 11.7 Å². The van der Waals surface area contributed by atoms with Gasteiger partial charge in [-0.1, -0.05) is 20.3 Å². The molecule has 90 valence electrons. The van der Waals surface area contributed by atoms with Gasteiger partial charge in [0.1, 0.15) is 0 Å². The first-order chi connectivity index (χ1) is 7.17. The lowest BCUT2D eigenvalue weighted by molar-refractivity contribution is 0.156. The fourth-order valence-corrected chi connectivity index (χ4v) is 2.71. The zero-order valence-corrected chi connectivity index (χ0v) is 10.7. The maximum Gasteiger partial charge on any atom is 0.00643 e. The highest BCUT2D eigenvalue weighted by molar-refractivity contribution is 4.78. The van der Waals surface area contributed by atoms with Crippen LogP contribution >= 0.6 is 0 Å². The summed E-state index contributed by atoms with van der Waals surface area (Å²) >= 11 is 0. The molecule has 0 saturated heterocycles. The summed E-state index contributed by atoms with van der Waals surface area (Å²) in [6, 6.07) is 1.20. The Morgan fingerprint density at radius 2 is 2.07 bits per heavy atom. The van der Waals surface area contributed by atoms with Crippen LogP contribution < -0.4 is 5.73 Å². The van der Waals surface area contributed by atoms with Gasteiger partial charge in [0.25, 0.3) is 0 Å². The number of hydrogen-bond donors (Lipinski definition) is 1. The second kappa shape index (κ2) is 6.49. The van der Waals surface area contributed by atoms with E-state index in [-0.39, 0.29) is 0 Å². The molecule has 1 aliphatic carbocycles. The van der Waals surface area contributed by atoms with E-state index < -0.39 is 0 Å². The summed E-state index contributed by atoms with van der Waals surface area (Å²) < 4.78 is 0. The summed E-state index contributed by atoms with van der Waals surface area (Å²) in [5.74, 6) is 0.850. The fraction of sp³-hybridized carbons (Fsp3) is 1.00. The predicted molar refractivity (Wildman–Crippen MR) is 66.9 cm³/mol. The van der Waals surface area contributed by atoms with E-state index >= 15 is 0 Å². The standard InChI is InChI=1S/C13H28N2/c1-4-11(3)15(5-2)10-12-7-6-8-13(14)9-12/h11-13H,4-10,14H2,1-3H3. The smallest absolute Gasteiger partial charge is 0.00643 e. The van der Waals surface area contributed by atoms with Crippen molar-refractivity contribution in [2.75, 3.05) is 13.1 Å². The summed E-state index contributed by atoms with van der Waals surface area (Å²) in [5.41, 5.74) is 6.03. The third kappa shape index (κ3) is 4.12. The van der Waals surface area contributed by atoms with Gasteiger partial charge in [-0.25, -0.2) is 0 Å². The summed E-state index contributed by atoms with van der Waals surface area (Å²) in [6.07, 6.45) is 6.47. The van der Waals surface area contributed by atoms with Gasteiger partial charge in [0.05, 0.1) is 0 Å². The van der Waals surface area contributed by atoms with E-state index in [1.165, 1.54) is 45.2 Å². The number of nitrogens with two attached hydrogens (primary N) is 1. The Morgan fingerprint density at radius 3 is 2.60 bits per heavy atom. The Labute approximate surface area is 95.2 Å². The third-order valence-electron chi connectivity index (χ3n) is 3.94. The normalized spacial score (nSPS) is 29.4. The van der Waals surface area contributed by atoms with Crippen LogP contribution in [0.1, 0.15) is 52.9 Å². The fourth-order valence-electron chi connectivity index (χ4n) is 2.71. The molecule has 0 bridgehead atoms. The van der Waals surface area contributed by atoms with Crippen LogP contribution in [-0.2, 0) is 0 Å². The molecule has 2 N–H and O–H groups in total. The molecule has 2 heteroatoms. The van der Waals surface area contributed by atoms with Crippen LogP contribution in [0.3, 0.4) is 0 Å². The highest BCUT2D eigenvalue weighted by Crippen LogP contribution is 2.24. The van der Waals surface area contributed by atoms with E-state index in [2.05, 4.69) is 25.7 Å². The monoisotopic (exact) mass is 212 g/mol. The molecule has 0 radical (unpaired) electrons. The summed E-state index contributed by atoms with van der Waals surface area (Å²) in [5, 5.41) is 0. The molecule has 0 aromatic rings. The SMILES string of the molecule is CCC(C)N(CC)CC1CCCC(N)C1. The van der Waals surface area contributed by atoms with Gasteiger partial charge in [-0.05, 0) is 45.1 Å². The second-order valence-electron chi connectivity index (χ2n) is 5.14. The van der Waals surface area contributed by atoms with Crippen molar-refractivity contribution in [1.82, 2.24) is 4.90 Å². The molecular formula is C13H28N2. The average Bonchev–Trinajstić information content (AvgIpc) is 2.25. The summed E-state index contributed by atoms with van der Waals surface area (Å²) in [7, 11) is 0. The molecule has 3 atom stereocenters. The molecule has 1 fully saturated rings. The van der Waals surface area contributed by atoms with Gasteiger partial charge in [-0.15, -0.1) is 0 Å². The molecule has 0 aromatic heterocycles.